The monoisotopic (exact) mass is 362 g/mol. The van der Waals surface area contributed by atoms with Gasteiger partial charge in [0.05, 0.1) is 17.6 Å². The molecule has 0 spiro atoms. The Morgan fingerprint density at radius 2 is 0.958 bits per heavy atom. The Bertz CT molecular complexity index is 420. The molecule has 0 heterocycles. The molecule has 0 saturated carbocycles. The summed E-state index contributed by atoms with van der Waals surface area (Å²) in [6, 6.07) is 5.33. The minimum atomic E-state index is -0.739. The molecule has 0 aromatic heterocycles. The molecule has 0 N–H and O–H groups in total. The Morgan fingerprint density at radius 1 is 0.583 bits per heavy atom. The molecule has 0 bridgehead atoms. The predicted octanol–water partition coefficient (Wildman–Crippen LogP) is 5.32. The summed E-state index contributed by atoms with van der Waals surface area (Å²) in [4.78, 5) is 0. The maximum Gasteiger partial charge on any atom is 0.0651 e. The number of hydrogen-bond acceptors (Lipinski definition) is 0. The molecule has 0 aliphatic heterocycles. The van der Waals surface area contributed by atoms with Gasteiger partial charge in [-0.05, 0) is 36.8 Å². The van der Waals surface area contributed by atoms with Crippen molar-refractivity contribution in [2.24, 2.45) is 0 Å². The molecule has 0 aliphatic carbocycles. The van der Waals surface area contributed by atoms with Gasteiger partial charge in [-0.25, -0.2) is 0 Å². The summed E-state index contributed by atoms with van der Waals surface area (Å²) in [5, 5.41) is 3.55. The highest BCUT2D eigenvalue weighted by Gasteiger charge is 2.15. The second-order valence-electron chi connectivity index (χ2n) is 8.18. The van der Waals surface area contributed by atoms with E-state index in [4.69, 9.17) is 0 Å². The third-order valence-electron chi connectivity index (χ3n) is 5.24. The third-order valence-corrected chi connectivity index (χ3v) is 8.81. The van der Waals surface area contributed by atoms with E-state index in [-0.39, 0.29) is 0 Å². The predicted molar refractivity (Wildman–Crippen MR) is 119 cm³/mol. The van der Waals surface area contributed by atoms with Crippen molar-refractivity contribution >= 4 is 28.0 Å². The number of benzene rings is 1. The maximum absolute atomic E-state index is 2.67. The van der Waals surface area contributed by atoms with Gasteiger partial charge in [0.15, 0.2) is 0 Å². The number of aryl methyl sites for hydroxylation is 2. The molecule has 2 heteroatoms. The van der Waals surface area contributed by atoms with E-state index in [0.29, 0.717) is 0 Å². The van der Waals surface area contributed by atoms with Crippen molar-refractivity contribution in [1.82, 2.24) is 0 Å². The molecule has 0 radical (unpaired) electrons. The summed E-state index contributed by atoms with van der Waals surface area (Å²) < 4.78 is 0. The Hall–Kier alpha value is -0.346. The SMILES string of the molecule is CCCCCCc1cc([SiH](C)C)c(CCCCCC)cc1[SiH](C)C. The van der Waals surface area contributed by atoms with Crippen molar-refractivity contribution < 1.29 is 0 Å². The van der Waals surface area contributed by atoms with Crippen molar-refractivity contribution in [2.45, 2.75) is 104 Å². The minimum Gasteiger partial charge on any atom is -0.0682 e. The van der Waals surface area contributed by atoms with Crippen LogP contribution in [0.1, 0.15) is 76.3 Å². The number of rotatable bonds is 12. The molecule has 24 heavy (non-hydrogen) atoms. The number of hydrogen-bond donors (Lipinski definition) is 0. The molecule has 0 aliphatic rings. The molecule has 0 atom stereocenters. The molecule has 1 rings (SSSR count). The van der Waals surface area contributed by atoms with Crippen LogP contribution < -0.4 is 10.4 Å². The van der Waals surface area contributed by atoms with Crippen LogP contribution >= 0.6 is 0 Å². The second-order valence-corrected chi connectivity index (χ2v) is 14.0. The summed E-state index contributed by atoms with van der Waals surface area (Å²) in [7, 11) is -1.48. The molecule has 0 nitrogen and oxygen atoms in total. The highest BCUT2D eigenvalue weighted by Crippen LogP contribution is 2.12. The normalized spacial score (nSPS) is 11.7. The van der Waals surface area contributed by atoms with E-state index in [1.165, 1.54) is 64.2 Å². The summed E-state index contributed by atoms with van der Waals surface area (Å²) in [5.41, 5.74) is 3.45. The lowest BCUT2D eigenvalue weighted by atomic mass is 10.0. The highest BCUT2D eigenvalue weighted by molar-refractivity contribution is 6.73. The van der Waals surface area contributed by atoms with E-state index in [2.05, 4.69) is 52.2 Å². The molecule has 0 amide bonds. The lowest BCUT2D eigenvalue weighted by Crippen LogP contribution is -2.35. The van der Waals surface area contributed by atoms with Gasteiger partial charge in [-0.2, -0.15) is 0 Å². The van der Waals surface area contributed by atoms with Gasteiger partial charge in [-0.15, -0.1) is 0 Å². The van der Waals surface area contributed by atoms with E-state index in [9.17, 15) is 0 Å². The van der Waals surface area contributed by atoms with Gasteiger partial charge in [-0.3, -0.25) is 0 Å². The van der Waals surface area contributed by atoms with E-state index in [0.717, 1.165) is 0 Å². The fourth-order valence-corrected chi connectivity index (χ4v) is 6.73. The molecule has 0 fully saturated rings. The highest BCUT2D eigenvalue weighted by atomic mass is 28.3. The third kappa shape index (κ3) is 7.27. The van der Waals surface area contributed by atoms with Crippen molar-refractivity contribution in [2.75, 3.05) is 0 Å². The summed E-state index contributed by atoms with van der Waals surface area (Å²) in [6.07, 6.45) is 13.7. The molecule has 1 aromatic carbocycles. The Morgan fingerprint density at radius 3 is 1.25 bits per heavy atom. The van der Waals surface area contributed by atoms with Crippen molar-refractivity contribution in [3.63, 3.8) is 0 Å². The van der Waals surface area contributed by atoms with Crippen LogP contribution in [0, 0.1) is 0 Å². The lowest BCUT2D eigenvalue weighted by molar-refractivity contribution is 0.665. The Balaban J connectivity index is 2.95. The second kappa shape index (κ2) is 12.1. The first-order valence-corrected chi connectivity index (χ1v) is 16.4. The van der Waals surface area contributed by atoms with E-state index in [1.54, 1.807) is 21.5 Å². The minimum absolute atomic E-state index is 0.739. The summed E-state index contributed by atoms with van der Waals surface area (Å²) in [6.45, 7) is 14.7. The molecular formula is C22H42Si2. The van der Waals surface area contributed by atoms with E-state index < -0.39 is 17.6 Å². The first-order chi connectivity index (χ1) is 11.5. The van der Waals surface area contributed by atoms with E-state index >= 15 is 0 Å². The quantitative estimate of drug-likeness (QED) is 0.349. The van der Waals surface area contributed by atoms with Crippen LogP contribution in [0.5, 0.6) is 0 Å². The van der Waals surface area contributed by atoms with Crippen molar-refractivity contribution in [3.8, 4) is 0 Å². The zero-order valence-corrected chi connectivity index (χ0v) is 19.7. The van der Waals surface area contributed by atoms with Crippen LogP contribution in [0.4, 0.5) is 0 Å². The van der Waals surface area contributed by atoms with Crippen LogP contribution in [0.3, 0.4) is 0 Å². The maximum atomic E-state index is 2.67. The Labute approximate surface area is 155 Å². The van der Waals surface area contributed by atoms with Gasteiger partial charge < -0.3 is 0 Å². The first kappa shape index (κ1) is 21.7. The van der Waals surface area contributed by atoms with Gasteiger partial charge in [0, 0.05) is 0 Å². The zero-order chi connectivity index (χ0) is 17.9. The van der Waals surface area contributed by atoms with Crippen LogP contribution in [0.25, 0.3) is 0 Å². The Kier molecular flexibility index (Phi) is 10.9. The van der Waals surface area contributed by atoms with Crippen LogP contribution in [-0.2, 0) is 12.8 Å². The fourth-order valence-electron chi connectivity index (χ4n) is 3.72. The van der Waals surface area contributed by atoms with Crippen LogP contribution in [-0.4, -0.2) is 17.6 Å². The van der Waals surface area contributed by atoms with Crippen LogP contribution in [0.2, 0.25) is 26.2 Å². The standard InChI is InChI=1S/C22H42Si2/c1-7-9-11-13-15-19-17-22(24(5)6)20(16-14-12-10-8-2)18-21(19)23(3)4/h17-18,23-24H,7-16H2,1-6H3. The topological polar surface area (TPSA) is 0 Å². The van der Waals surface area contributed by atoms with Crippen molar-refractivity contribution in [3.05, 3.63) is 23.3 Å². The fraction of sp³-hybridized carbons (Fsp3) is 0.727. The molecular weight excluding hydrogens is 320 g/mol. The largest absolute Gasteiger partial charge is 0.0682 e. The zero-order valence-electron chi connectivity index (χ0n) is 17.4. The van der Waals surface area contributed by atoms with E-state index in [1.807, 2.05) is 0 Å². The van der Waals surface area contributed by atoms with Gasteiger partial charge in [-0.1, -0.05) is 101 Å². The van der Waals surface area contributed by atoms with Crippen molar-refractivity contribution in [1.29, 1.82) is 0 Å². The molecule has 1 aromatic rings. The van der Waals surface area contributed by atoms with Gasteiger partial charge in [0.1, 0.15) is 0 Å². The van der Waals surface area contributed by atoms with Gasteiger partial charge >= 0.3 is 0 Å². The van der Waals surface area contributed by atoms with Gasteiger partial charge in [0.25, 0.3) is 0 Å². The van der Waals surface area contributed by atoms with Gasteiger partial charge in [0.2, 0.25) is 0 Å². The average Bonchev–Trinajstić information content (AvgIpc) is 2.55. The lowest BCUT2D eigenvalue weighted by Gasteiger charge is -2.20. The number of unbranched alkanes of at least 4 members (excludes halogenated alkanes) is 6. The molecule has 138 valence electrons. The van der Waals surface area contributed by atoms with Crippen LogP contribution in [0.15, 0.2) is 12.1 Å². The molecule has 0 unspecified atom stereocenters. The average molecular weight is 363 g/mol. The first-order valence-electron chi connectivity index (χ1n) is 10.7. The molecule has 0 saturated heterocycles. The summed E-state index contributed by atoms with van der Waals surface area (Å²) >= 11 is 0. The summed E-state index contributed by atoms with van der Waals surface area (Å²) in [5.74, 6) is 0. The smallest absolute Gasteiger partial charge is 0.0651 e.